The Morgan fingerprint density at radius 1 is 1.65 bits per heavy atom. The predicted molar refractivity (Wildman–Crippen MR) is 53.6 cm³/mol. The molecule has 0 radical (unpaired) electrons. The summed E-state index contributed by atoms with van der Waals surface area (Å²) in [6.07, 6.45) is 4.48. The molecule has 2 heterocycles. The van der Waals surface area contributed by atoms with E-state index in [0.717, 1.165) is 0 Å². The minimum atomic E-state index is -0.764. The number of imidazole rings is 1. The van der Waals surface area contributed by atoms with E-state index in [0.29, 0.717) is 6.54 Å². The highest BCUT2D eigenvalue weighted by Gasteiger charge is 2.25. The van der Waals surface area contributed by atoms with E-state index in [4.69, 9.17) is 14.2 Å². The Labute approximate surface area is 97.3 Å². The van der Waals surface area contributed by atoms with Crippen LogP contribution in [0.4, 0.5) is 0 Å². The minimum Gasteiger partial charge on any atom is -0.459 e. The molecular weight excluding hydrogens is 228 g/mol. The van der Waals surface area contributed by atoms with E-state index in [9.17, 15) is 9.59 Å². The maximum absolute atomic E-state index is 11.3. The van der Waals surface area contributed by atoms with E-state index in [1.54, 1.807) is 23.3 Å². The molecule has 1 fully saturated rings. The number of hydrogen-bond acceptors (Lipinski definition) is 6. The van der Waals surface area contributed by atoms with Crippen LogP contribution in [-0.2, 0) is 30.3 Å². The molecule has 0 aliphatic carbocycles. The monoisotopic (exact) mass is 240 g/mol. The average molecular weight is 240 g/mol. The number of cyclic esters (lactones) is 1. The number of hydrogen-bond donors (Lipinski definition) is 0. The van der Waals surface area contributed by atoms with Gasteiger partial charge < -0.3 is 18.8 Å². The Kier molecular flexibility index (Phi) is 3.71. The van der Waals surface area contributed by atoms with Crippen molar-refractivity contribution in [1.29, 1.82) is 0 Å². The van der Waals surface area contributed by atoms with Gasteiger partial charge in [0, 0.05) is 18.9 Å². The maximum atomic E-state index is 11.3. The van der Waals surface area contributed by atoms with Crippen molar-refractivity contribution in [3.63, 3.8) is 0 Å². The molecule has 2 rings (SSSR count). The van der Waals surface area contributed by atoms with E-state index >= 15 is 0 Å². The number of rotatable bonds is 5. The first-order valence-corrected chi connectivity index (χ1v) is 5.16. The highest BCUT2D eigenvalue weighted by molar-refractivity contribution is 5.72. The molecule has 0 amide bonds. The molecule has 17 heavy (non-hydrogen) atoms. The van der Waals surface area contributed by atoms with Gasteiger partial charge in [-0.25, -0.2) is 9.78 Å². The van der Waals surface area contributed by atoms with Gasteiger partial charge >= 0.3 is 11.9 Å². The van der Waals surface area contributed by atoms with Crippen LogP contribution in [0, 0.1) is 0 Å². The summed E-state index contributed by atoms with van der Waals surface area (Å²) in [5.74, 6) is -0.810. The van der Waals surface area contributed by atoms with Gasteiger partial charge in [-0.05, 0) is 0 Å². The number of esters is 2. The molecule has 1 aromatic heterocycles. The van der Waals surface area contributed by atoms with Gasteiger partial charge in [-0.1, -0.05) is 0 Å². The molecule has 0 aromatic carbocycles. The van der Waals surface area contributed by atoms with Crippen LogP contribution in [0.25, 0.3) is 0 Å². The van der Waals surface area contributed by atoms with Crippen LogP contribution in [0.2, 0.25) is 0 Å². The highest BCUT2D eigenvalue weighted by Crippen LogP contribution is 2.06. The third-order valence-corrected chi connectivity index (χ3v) is 2.16. The van der Waals surface area contributed by atoms with E-state index in [1.165, 1.54) is 0 Å². The summed E-state index contributed by atoms with van der Waals surface area (Å²) in [5, 5.41) is 0. The van der Waals surface area contributed by atoms with Crippen LogP contribution in [0.5, 0.6) is 0 Å². The van der Waals surface area contributed by atoms with Crippen molar-refractivity contribution in [1.82, 2.24) is 9.55 Å². The molecular formula is C10H12N2O5. The zero-order chi connectivity index (χ0) is 12.1. The molecule has 0 bridgehead atoms. The highest BCUT2D eigenvalue weighted by atomic mass is 16.8. The first-order chi connectivity index (χ1) is 8.24. The fraction of sp³-hybridized carbons (Fsp3) is 0.500. The van der Waals surface area contributed by atoms with Crippen molar-refractivity contribution < 1.29 is 23.8 Å². The van der Waals surface area contributed by atoms with Crippen LogP contribution in [-0.4, -0.2) is 41.0 Å². The molecule has 0 saturated carbocycles. The lowest BCUT2D eigenvalue weighted by Gasteiger charge is -2.09. The summed E-state index contributed by atoms with van der Waals surface area (Å²) < 4.78 is 16.3. The van der Waals surface area contributed by atoms with E-state index in [1.807, 2.05) is 0 Å². The molecule has 1 aromatic rings. The summed E-state index contributed by atoms with van der Waals surface area (Å²) >= 11 is 0. The number of carbonyl (C=O) groups excluding carboxylic acids is 2. The first-order valence-electron chi connectivity index (χ1n) is 5.16. The van der Waals surface area contributed by atoms with Crippen molar-refractivity contribution in [2.45, 2.75) is 19.3 Å². The normalized spacial score (nSPS) is 19.1. The molecule has 1 saturated heterocycles. The van der Waals surface area contributed by atoms with Crippen molar-refractivity contribution in [2.75, 3.05) is 13.2 Å². The molecule has 92 valence electrons. The third-order valence-electron chi connectivity index (χ3n) is 2.16. The van der Waals surface area contributed by atoms with Gasteiger partial charge in [-0.2, -0.15) is 0 Å². The molecule has 0 spiro atoms. The summed E-state index contributed by atoms with van der Waals surface area (Å²) in [6, 6.07) is 0. The Bertz CT molecular complexity index is 389. The molecule has 0 N–H and O–H groups in total. The second kappa shape index (κ2) is 5.44. The fourth-order valence-corrected chi connectivity index (χ4v) is 1.33. The quantitative estimate of drug-likeness (QED) is 0.658. The Morgan fingerprint density at radius 3 is 3.18 bits per heavy atom. The van der Waals surface area contributed by atoms with Gasteiger partial charge in [-0.15, -0.1) is 0 Å². The number of aromatic nitrogens is 2. The summed E-state index contributed by atoms with van der Waals surface area (Å²) in [6.45, 7) is 0.357. The smallest absolute Gasteiger partial charge is 0.334 e. The molecule has 1 aliphatic heterocycles. The van der Waals surface area contributed by atoms with Crippen LogP contribution in [0.1, 0.15) is 6.42 Å². The SMILES string of the molecule is O=C(CCn1ccnc1)OCC1OCC(=O)O1. The fourth-order valence-electron chi connectivity index (χ4n) is 1.33. The van der Waals surface area contributed by atoms with Crippen molar-refractivity contribution in [3.8, 4) is 0 Å². The van der Waals surface area contributed by atoms with Gasteiger partial charge in [-0.3, -0.25) is 4.79 Å². The number of ether oxygens (including phenoxy) is 3. The second-order valence-corrected chi connectivity index (χ2v) is 3.46. The van der Waals surface area contributed by atoms with Gasteiger partial charge in [0.15, 0.2) is 6.61 Å². The standard InChI is InChI=1S/C10H12N2O5/c13-8(1-3-12-4-2-11-7-12)15-6-10-16-5-9(14)17-10/h2,4,7,10H,1,3,5-6H2. The molecule has 7 heteroatoms. The van der Waals surface area contributed by atoms with E-state index in [2.05, 4.69) is 4.98 Å². The average Bonchev–Trinajstić information content (AvgIpc) is 2.95. The lowest BCUT2D eigenvalue weighted by molar-refractivity contribution is -0.162. The lowest BCUT2D eigenvalue weighted by Crippen LogP contribution is -2.20. The lowest BCUT2D eigenvalue weighted by atomic mass is 10.4. The van der Waals surface area contributed by atoms with Crippen molar-refractivity contribution >= 4 is 11.9 Å². The molecule has 1 aliphatic rings. The van der Waals surface area contributed by atoms with Crippen molar-refractivity contribution in [2.24, 2.45) is 0 Å². The molecule has 1 atom stereocenters. The van der Waals surface area contributed by atoms with Crippen LogP contribution in [0.3, 0.4) is 0 Å². The zero-order valence-corrected chi connectivity index (χ0v) is 9.07. The third kappa shape index (κ3) is 3.56. The predicted octanol–water partition coefficient (Wildman–Crippen LogP) is -0.284. The number of carbonyl (C=O) groups is 2. The molecule has 1 unspecified atom stereocenters. The van der Waals surface area contributed by atoms with Crippen LogP contribution >= 0.6 is 0 Å². The van der Waals surface area contributed by atoms with Gasteiger partial charge in [0.1, 0.15) is 6.61 Å². The second-order valence-electron chi connectivity index (χ2n) is 3.46. The summed E-state index contributed by atoms with van der Waals surface area (Å²) in [7, 11) is 0. The van der Waals surface area contributed by atoms with Gasteiger partial charge in [0.25, 0.3) is 0 Å². The van der Waals surface area contributed by atoms with E-state index in [-0.39, 0.29) is 25.6 Å². The molecule has 7 nitrogen and oxygen atoms in total. The van der Waals surface area contributed by atoms with Gasteiger partial charge in [0.2, 0.25) is 6.29 Å². The Hall–Kier alpha value is -1.89. The number of aryl methyl sites for hydroxylation is 1. The van der Waals surface area contributed by atoms with E-state index < -0.39 is 12.3 Å². The topological polar surface area (TPSA) is 79.7 Å². The Morgan fingerprint density at radius 2 is 2.53 bits per heavy atom. The summed E-state index contributed by atoms with van der Waals surface area (Å²) in [4.78, 5) is 25.9. The number of nitrogens with zero attached hydrogens (tertiary/aromatic N) is 2. The van der Waals surface area contributed by atoms with Crippen molar-refractivity contribution in [3.05, 3.63) is 18.7 Å². The van der Waals surface area contributed by atoms with Crippen LogP contribution in [0.15, 0.2) is 18.7 Å². The largest absolute Gasteiger partial charge is 0.459 e. The Balaban J connectivity index is 1.62. The first kappa shape index (κ1) is 11.6. The maximum Gasteiger partial charge on any atom is 0.334 e. The summed E-state index contributed by atoms with van der Waals surface area (Å²) in [5.41, 5.74) is 0. The zero-order valence-electron chi connectivity index (χ0n) is 9.07. The van der Waals surface area contributed by atoms with Crippen LogP contribution < -0.4 is 0 Å². The van der Waals surface area contributed by atoms with Gasteiger partial charge in [0.05, 0.1) is 12.7 Å². The minimum absolute atomic E-state index is 0.0610.